The van der Waals surface area contributed by atoms with Gasteiger partial charge in [0.05, 0.1) is 0 Å². The minimum Gasteiger partial charge on any atom is -0.334 e. The van der Waals surface area contributed by atoms with Gasteiger partial charge in [0.1, 0.15) is 11.6 Å². The molecule has 14 heavy (non-hydrogen) atoms. The summed E-state index contributed by atoms with van der Waals surface area (Å²) >= 11 is 0. The molecule has 5 nitrogen and oxygen atoms in total. The molecule has 1 heterocycles. The summed E-state index contributed by atoms with van der Waals surface area (Å²) in [5.41, 5.74) is 0. The molecule has 0 aromatic carbocycles. The molecule has 1 N–H and O–H groups in total. The topological polar surface area (TPSA) is 64.0 Å². The van der Waals surface area contributed by atoms with Crippen LogP contribution in [0.15, 0.2) is 12.4 Å². The summed E-state index contributed by atoms with van der Waals surface area (Å²) in [7, 11) is -1.81. The van der Waals surface area contributed by atoms with E-state index >= 15 is 0 Å². The molecule has 0 saturated heterocycles. The third-order valence-electron chi connectivity index (χ3n) is 1.90. The molecule has 1 aromatic heterocycles. The molecule has 0 radical (unpaired) electrons. The van der Waals surface area contributed by atoms with Crippen LogP contribution in [-0.4, -0.2) is 25.0 Å². The zero-order chi connectivity index (χ0) is 10.6. The van der Waals surface area contributed by atoms with E-state index in [4.69, 9.17) is 0 Å². The normalized spacial score (nSPS) is 11.9. The minimum atomic E-state index is -3.22. The predicted octanol–water partition coefficient (Wildman–Crippen LogP) is 0.342. The SMILES string of the molecule is CCCn1ccnc1CS(=O)(=O)NC. The molecular weight excluding hydrogens is 202 g/mol. The van der Waals surface area contributed by atoms with Crippen LogP contribution in [0, 0.1) is 0 Å². The van der Waals surface area contributed by atoms with E-state index in [0.717, 1.165) is 13.0 Å². The summed E-state index contributed by atoms with van der Waals surface area (Å²) in [6.07, 6.45) is 4.38. The first kappa shape index (κ1) is 11.2. The third-order valence-corrected chi connectivity index (χ3v) is 3.16. The van der Waals surface area contributed by atoms with Gasteiger partial charge < -0.3 is 4.57 Å². The van der Waals surface area contributed by atoms with Gasteiger partial charge in [-0.2, -0.15) is 0 Å². The number of nitrogens with one attached hydrogen (secondary N) is 1. The van der Waals surface area contributed by atoms with Gasteiger partial charge in [0.2, 0.25) is 10.0 Å². The molecule has 0 aliphatic heterocycles. The fourth-order valence-corrected chi connectivity index (χ4v) is 1.89. The van der Waals surface area contributed by atoms with Crippen LogP contribution in [-0.2, 0) is 22.3 Å². The van der Waals surface area contributed by atoms with Crippen LogP contribution in [0.3, 0.4) is 0 Å². The van der Waals surface area contributed by atoms with Crippen LogP contribution in [0.25, 0.3) is 0 Å². The van der Waals surface area contributed by atoms with Crippen LogP contribution < -0.4 is 4.72 Å². The number of aryl methyl sites for hydroxylation is 1. The van der Waals surface area contributed by atoms with E-state index in [-0.39, 0.29) is 5.75 Å². The molecule has 6 heteroatoms. The van der Waals surface area contributed by atoms with E-state index in [2.05, 4.69) is 9.71 Å². The molecule has 0 atom stereocenters. The van der Waals surface area contributed by atoms with Crippen LogP contribution in [0.2, 0.25) is 0 Å². The van der Waals surface area contributed by atoms with Crippen LogP contribution in [0.1, 0.15) is 19.2 Å². The second-order valence-corrected chi connectivity index (χ2v) is 4.93. The Kier molecular flexibility index (Phi) is 3.65. The Morgan fingerprint density at radius 3 is 2.86 bits per heavy atom. The maximum atomic E-state index is 11.3. The van der Waals surface area contributed by atoms with Crippen molar-refractivity contribution in [2.24, 2.45) is 0 Å². The van der Waals surface area contributed by atoms with E-state index in [1.54, 1.807) is 12.4 Å². The standard InChI is InChI=1S/C8H15N3O2S/c1-3-5-11-6-4-10-8(11)7-14(12,13)9-2/h4,6,9H,3,5,7H2,1-2H3. The molecule has 0 amide bonds. The lowest BCUT2D eigenvalue weighted by atomic mass is 10.5. The van der Waals surface area contributed by atoms with Crippen molar-refractivity contribution in [1.82, 2.24) is 14.3 Å². The Labute approximate surface area is 84.2 Å². The smallest absolute Gasteiger partial charge is 0.218 e. The molecule has 0 spiro atoms. The van der Waals surface area contributed by atoms with Crippen molar-refractivity contribution in [2.75, 3.05) is 7.05 Å². The lowest BCUT2D eigenvalue weighted by molar-refractivity contribution is 0.580. The summed E-state index contributed by atoms with van der Waals surface area (Å²) in [5.74, 6) is 0.525. The Bertz CT molecular complexity index is 383. The van der Waals surface area contributed by atoms with Crippen molar-refractivity contribution in [3.8, 4) is 0 Å². The Balaban J connectivity index is 2.81. The van der Waals surface area contributed by atoms with Crippen molar-refractivity contribution in [3.05, 3.63) is 18.2 Å². The second-order valence-electron chi connectivity index (χ2n) is 3.00. The predicted molar refractivity (Wildman–Crippen MR) is 54.2 cm³/mol. The zero-order valence-corrected chi connectivity index (χ0v) is 9.21. The summed E-state index contributed by atoms with van der Waals surface area (Å²) in [6, 6.07) is 0. The van der Waals surface area contributed by atoms with E-state index in [1.807, 2.05) is 11.5 Å². The lowest BCUT2D eigenvalue weighted by Crippen LogP contribution is -2.22. The molecule has 1 rings (SSSR count). The van der Waals surface area contributed by atoms with Crippen molar-refractivity contribution < 1.29 is 8.42 Å². The average Bonchev–Trinajstić information content (AvgIpc) is 2.53. The van der Waals surface area contributed by atoms with Gasteiger partial charge in [-0.15, -0.1) is 0 Å². The minimum absolute atomic E-state index is 0.0590. The molecule has 0 aliphatic carbocycles. The van der Waals surface area contributed by atoms with E-state index in [1.165, 1.54) is 7.05 Å². The fourth-order valence-electron chi connectivity index (χ4n) is 1.17. The highest BCUT2D eigenvalue weighted by molar-refractivity contribution is 7.88. The summed E-state index contributed by atoms with van der Waals surface area (Å²) in [4.78, 5) is 4.01. The van der Waals surface area contributed by atoms with E-state index < -0.39 is 10.0 Å². The average molecular weight is 217 g/mol. The van der Waals surface area contributed by atoms with Gasteiger partial charge in [0.25, 0.3) is 0 Å². The molecule has 0 bridgehead atoms. The van der Waals surface area contributed by atoms with Gasteiger partial charge in [-0.05, 0) is 13.5 Å². The Morgan fingerprint density at radius 2 is 2.29 bits per heavy atom. The van der Waals surface area contributed by atoms with Crippen molar-refractivity contribution >= 4 is 10.0 Å². The van der Waals surface area contributed by atoms with Gasteiger partial charge in [-0.3, -0.25) is 0 Å². The first-order chi connectivity index (χ1) is 6.59. The highest BCUT2D eigenvalue weighted by Crippen LogP contribution is 2.03. The molecule has 80 valence electrons. The zero-order valence-electron chi connectivity index (χ0n) is 8.40. The van der Waals surface area contributed by atoms with Gasteiger partial charge in [0.15, 0.2) is 0 Å². The molecular formula is C8H15N3O2S. The van der Waals surface area contributed by atoms with E-state index in [9.17, 15) is 8.42 Å². The first-order valence-electron chi connectivity index (χ1n) is 4.50. The van der Waals surface area contributed by atoms with Crippen LogP contribution >= 0.6 is 0 Å². The number of nitrogens with zero attached hydrogens (tertiary/aromatic N) is 2. The highest BCUT2D eigenvalue weighted by atomic mass is 32.2. The number of hydrogen-bond donors (Lipinski definition) is 1. The summed E-state index contributed by atoms with van der Waals surface area (Å²) in [6.45, 7) is 2.84. The summed E-state index contributed by atoms with van der Waals surface area (Å²) in [5, 5.41) is 0. The van der Waals surface area contributed by atoms with Crippen molar-refractivity contribution in [2.45, 2.75) is 25.6 Å². The molecule has 0 aliphatic rings. The van der Waals surface area contributed by atoms with E-state index in [0.29, 0.717) is 5.82 Å². The molecule has 0 saturated carbocycles. The van der Waals surface area contributed by atoms with Gasteiger partial charge in [-0.1, -0.05) is 6.92 Å². The monoisotopic (exact) mass is 217 g/mol. The van der Waals surface area contributed by atoms with Crippen LogP contribution in [0.4, 0.5) is 0 Å². The van der Waals surface area contributed by atoms with Crippen molar-refractivity contribution in [1.29, 1.82) is 0 Å². The first-order valence-corrected chi connectivity index (χ1v) is 6.15. The Hall–Kier alpha value is -0.880. The Morgan fingerprint density at radius 1 is 1.57 bits per heavy atom. The number of hydrogen-bond acceptors (Lipinski definition) is 3. The van der Waals surface area contributed by atoms with Gasteiger partial charge >= 0.3 is 0 Å². The largest absolute Gasteiger partial charge is 0.334 e. The molecule has 0 fully saturated rings. The van der Waals surface area contributed by atoms with Crippen molar-refractivity contribution in [3.63, 3.8) is 0 Å². The molecule has 0 unspecified atom stereocenters. The van der Waals surface area contributed by atoms with Gasteiger partial charge in [-0.25, -0.2) is 18.1 Å². The fraction of sp³-hybridized carbons (Fsp3) is 0.625. The van der Waals surface area contributed by atoms with Gasteiger partial charge in [0, 0.05) is 18.9 Å². The second kappa shape index (κ2) is 4.56. The summed E-state index contributed by atoms with van der Waals surface area (Å²) < 4.78 is 26.6. The maximum Gasteiger partial charge on any atom is 0.218 e. The number of imidazole rings is 1. The number of aromatic nitrogens is 2. The lowest BCUT2D eigenvalue weighted by Gasteiger charge is -2.05. The molecule has 1 aromatic rings. The number of sulfonamides is 1. The van der Waals surface area contributed by atoms with Crippen LogP contribution in [0.5, 0.6) is 0 Å². The number of rotatable bonds is 5. The maximum absolute atomic E-state index is 11.3. The quantitative estimate of drug-likeness (QED) is 0.773. The highest BCUT2D eigenvalue weighted by Gasteiger charge is 2.12. The third kappa shape index (κ3) is 2.81.